The van der Waals surface area contributed by atoms with Gasteiger partial charge < -0.3 is 10.0 Å². The Morgan fingerprint density at radius 3 is 2.63 bits per heavy atom. The fourth-order valence-electron chi connectivity index (χ4n) is 2.84. The average Bonchev–Trinajstić information content (AvgIpc) is 2.93. The number of nitrogens with zero attached hydrogens (tertiary/aromatic N) is 3. The minimum Gasteiger partial charge on any atom is -0.477 e. The molecule has 1 aliphatic heterocycles. The Kier molecular flexibility index (Phi) is 2.69. The molecular formula is C14H17N3O2. The van der Waals surface area contributed by atoms with Crippen LogP contribution in [0.5, 0.6) is 0 Å². The second-order valence-electron chi connectivity index (χ2n) is 5.12. The van der Waals surface area contributed by atoms with Crippen molar-refractivity contribution >= 4 is 17.3 Å². The van der Waals surface area contributed by atoms with Gasteiger partial charge in [0.1, 0.15) is 5.65 Å². The highest BCUT2D eigenvalue weighted by atomic mass is 16.4. The Bertz CT molecular complexity index is 654. The number of carbonyl (C=O) groups is 1. The molecule has 1 saturated heterocycles. The summed E-state index contributed by atoms with van der Waals surface area (Å²) in [7, 11) is 0. The molecule has 3 rings (SSSR count). The second kappa shape index (κ2) is 4.26. The standard InChI is InChI=1S/C14H17N3O2/c1-9-7-12-15-10(2)13(14(18)19)17(12)8-11(9)16-5-3-4-6-16/h7-8H,3-6H2,1-2H3,(H,18,19). The van der Waals surface area contributed by atoms with Crippen molar-refractivity contribution in [3.05, 3.63) is 29.2 Å². The number of hydrogen-bond acceptors (Lipinski definition) is 3. The third-order valence-electron chi connectivity index (χ3n) is 3.76. The summed E-state index contributed by atoms with van der Waals surface area (Å²) in [6.45, 7) is 5.88. The van der Waals surface area contributed by atoms with Gasteiger partial charge in [0.2, 0.25) is 0 Å². The molecule has 0 unspecified atom stereocenters. The lowest BCUT2D eigenvalue weighted by atomic mass is 10.2. The van der Waals surface area contributed by atoms with Crippen molar-refractivity contribution in [3.8, 4) is 0 Å². The van der Waals surface area contributed by atoms with Gasteiger partial charge in [0.25, 0.3) is 0 Å². The first-order valence-electron chi connectivity index (χ1n) is 6.55. The molecule has 0 spiro atoms. The van der Waals surface area contributed by atoms with E-state index in [0.717, 1.165) is 24.3 Å². The van der Waals surface area contributed by atoms with Crippen molar-refractivity contribution in [2.24, 2.45) is 0 Å². The average molecular weight is 259 g/mol. The molecule has 1 N–H and O–H groups in total. The molecule has 0 aliphatic carbocycles. The van der Waals surface area contributed by atoms with Crippen LogP contribution in [0.3, 0.4) is 0 Å². The number of carboxylic acids is 1. The second-order valence-corrected chi connectivity index (χ2v) is 5.12. The van der Waals surface area contributed by atoms with Crippen molar-refractivity contribution < 1.29 is 9.90 Å². The van der Waals surface area contributed by atoms with Gasteiger partial charge in [-0.25, -0.2) is 9.78 Å². The molecule has 0 aromatic carbocycles. The number of aryl methyl sites for hydroxylation is 2. The van der Waals surface area contributed by atoms with Crippen LogP contribution in [-0.2, 0) is 0 Å². The number of imidazole rings is 1. The van der Waals surface area contributed by atoms with Crippen molar-refractivity contribution in [2.45, 2.75) is 26.7 Å². The topological polar surface area (TPSA) is 57.8 Å². The molecule has 5 nitrogen and oxygen atoms in total. The van der Waals surface area contributed by atoms with Crippen LogP contribution >= 0.6 is 0 Å². The Balaban J connectivity index is 2.21. The van der Waals surface area contributed by atoms with Gasteiger partial charge in [-0.1, -0.05) is 0 Å². The number of pyridine rings is 1. The highest BCUT2D eigenvalue weighted by molar-refractivity contribution is 5.88. The van der Waals surface area contributed by atoms with Crippen LogP contribution in [0.2, 0.25) is 0 Å². The van der Waals surface area contributed by atoms with Crippen LogP contribution in [0.1, 0.15) is 34.6 Å². The van der Waals surface area contributed by atoms with E-state index in [-0.39, 0.29) is 5.69 Å². The SMILES string of the molecule is Cc1cc2nc(C)c(C(=O)O)n2cc1N1CCCC1. The van der Waals surface area contributed by atoms with Crippen molar-refractivity contribution in [2.75, 3.05) is 18.0 Å². The predicted octanol–water partition coefficient (Wildman–Crippen LogP) is 2.25. The Labute approximate surface area is 111 Å². The van der Waals surface area contributed by atoms with Gasteiger partial charge in [-0.05, 0) is 38.3 Å². The summed E-state index contributed by atoms with van der Waals surface area (Å²) >= 11 is 0. The molecule has 0 atom stereocenters. The van der Waals surface area contributed by atoms with Gasteiger partial charge in [-0.2, -0.15) is 0 Å². The first-order valence-corrected chi connectivity index (χ1v) is 6.55. The highest BCUT2D eigenvalue weighted by Gasteiger charge is 2.19. The van der Waals surface area contributed by atoms with E-state index < -0.39 is 5.97 Å². The van der Waals surface area contributed by atoms with E-state index >= 15 is 0 Å². The minimum absolute atomic E-state index is 0.260. The lowest BCUT2D eigenvalue weighted by molar-refractivity contribution is 0.0688. The van der Waals surface area contributed by atoms with E-state index in [1.54, 1.807) is 11.3 Å². The Hall–Kier alpha value is -2.04. The lowest BCUT2D eigenvalue weighted by Gasteiger charge is -2.20. The van der Waals surface area contributed by atoms with Crippen molar-refractivity contribution in [1.82, 2.24) is 9.38 Å². The molecule has 0 radical (unpaired) electrons. The lowest BCUT2D eigenvalue weighted by Crippen LogP contribution is -2.19. The number of aromatic carboxylic acids is 1. The van der Waals surface area contributed by atoms with Gasteiger partial charge in [0.15, 0.2) is 5.69 Å². The van der Waals surface area contributed by atoms with Crippen molar-refractivity contribution in [3.63, 3.8) is 0 Å². The molecule has 0 saturated carbocycles. The molecule has 100 valence electrons. The molecule has 0 bridgehead atoms. The fraction of sp³-hybridized carbons (Fsp3) is 0.429. The molecule has 19 heavy (non-hydrogen) atoms. The van der Waals surface area contributed by atoms with E-state index in [1.807, 2.05) is 12.3 Å². The van der Waals surface area contributed by atoms with Crippen LogP contribution < -0.4 is 4.90 Å². The summed E-state index contributed by atoms with van der Waals surface area (Å²) in [4.78, 5) is 18.0. The number of aromatic nitrogens is 2. The zero-order chi connectivity index (χ0) is 13.6. The molecule has 0 amide bonds. The van der Waals surface area contributed by atoms with Crippen LogP contribution in [0.25, 0.3) is 5.65 Å². The molecule has 1 fully saturated rings. The van der Waals surface area contributed by atoms with Crippen LogP contribution in [-0.4, -0.2) is 33.6 Å². The maximum absolute atomic E-state index is 11.3. The van der Waals surface area contributed by atoms with E-state index in [2.05, 4.69) is 16.8 Å². The summed E-state index contributed by atoms with van der Waals surface area (Å²) in [6, 6.07) is 1.97. The van der Waals surface area contributed by atoms with E-state index in [9.17, 15) is 9.90 Å². The maximum atomic E-state index is 11.3. The number of fused-ring (bicyclic) bond motifs is 1. The van der Waals surface area contributed by atoms with Crippen molar-refractivity contribution in [1.29, 1.82) is 0 Å². The quantitative estimate of drug-likeness (QED) is 0.898. The van der Waals surface area contributed by atoms with E-state index in [4.69, 9.17) is 0 Å². The van der Waals surface area contributed by atoms with Crippen LogP contribution in [0.4, 0.5) is 5.69 Å². The number of hydrogen-bond donors (Lipinski definition) is 1. The third-order valence-corrected chi connectivity index (χ3v) is 3.76. The summed E-state index contributed by atoms with van der Waals surface area (Å²) in [6.07, 6.45) is 4.32. The van der Waals surface area contributed by atoms with Crippen LogP contribution in [0, 0.1) is 13.8 Å². The van der Waals surface area contributed by atoms with Gasteiger partial charge in [-0.15, -0.1) is 0 Å². The highest BCUT2D eigenvalue weighted by Crippen LogP contribution is 2.26. The van der Waals surface area contributed by atoms with Gasteiger partial charge >= 0.3 is 5.97 Å². The third kappa shape index (κ3) is 1.85. The molecule has 2 aromatic rings. The van der Waals surface area contributed by atoms with Gasteiger partial charge in [-0.3, -0.25) is 4.40 Å². The first kappa shape index (κ1) is 12.0. The molecule has 2 aromatic heterocycles. The number of carboxylic acid groups (broad SMARTS) is 1. The smallest absolute Gasteiger partial charge is 0.354 e. The molecular weight excluding hydrogens is 242 g/mol. The maximum Gasteiger partial charge on any atom is 0.354 e. The van der Waals surface area contributed by atoms with Crippen LogP contribution in [0.15, 0.2) is 12.3 Å². The fourth-order valence-corrected chi connectivity index (χ4v) is 2.84. The van der Waals surface area contributed by atoms with Gasteiger partial charge in [0, 0.05) is 19.3 Å². The molecule has 5 heteroatoms. The molecule has 3 heterocycles. The van der Waals surface area contributed by atoms with E-state index in [1.165, 1.54) is 12.8 Å². The Morgan fingerprint density at radius 1 is 1.32 bits per heavy atom. The largest absolute Gasteiger partial charge is 0.477 e. The zero-order valence-corrected chi connectivity index (χ0v) is 11.2. The first-order chi connectivity index (χ1) is 9.08. The predicted molar refractivity (Wildman–Crippen MR) is 73.1 cm³/mol. The zero-order valence-electron chi connectivity index (χ0n) is 11.2. The monoisotopic (exact) mass is 259 g/mol. The van der Waals surface area contributed by atoms with Gasteiger partial charge in [0.05, 0.1) is 11.4 Å². The Morgan fingerprint density at radius 2 is 2.00 bits per heavy atom. The van der Waals surface area contributed by atoms with E-state index in [0.29, 0.717) is 11.3 Å². The summed E-state index contributed by atoms with van der Waals surface area (Å²) in [5.74, 6) is -0.929. The summed E-state index contributed by atoms with van der Waals surface area (Å²) in [5, 5.41) is 9.30. The normalized spacial score (nSPS) is 15.4. The summed E-state index contributed by atoms with van der Waals surface area (Å²) < 4.78 is 1.69. The number of rotatable bonds is 2. The molecule has 1 aliphatic rings. The minimum atomic E-state index is -0.929. The number of anilines is 1. The summed E-state index contributed by atoms with van der Waals surface area (Å²) in [5.41, 5.74) is 3.79.